The Bertz CT molecular complexity index is 1140. The Morgan fingerprint density at radius 3 is 1.04 bits per heavy atom. The number of esters is 2. The molecule has 69 heavy (non-hydrogen) atoms. The third-order valence-electron chi connectivity index (χ3n) is 14.2. The molecule has 0 aliphatic carbocycles. The molecule has 8 heteroatoms. The Morgan fingerprint density at radius 1 is 0.420 bits per heavy atom. The lowest BCUT2D eigenvalue weighted by Crippen LogP contribution is -2.50. The zero-order chi connectivity index (χ0) is 50.6. The summed E-state index contributed by atoms with van der Waals surface area (Å²) in [5.74, 6) is -1.44. The topological polar surface area (TPSA) is 99.1 Å². The highest BCUT2D eigenvalue weighted by Gasteiger charge is 2.31. The van der Waals surface area contributed by atoms with Crippen molar-refractivity contribution in [2.45, 2.75) is 321 Å². The Morgan fingerprint density at radius 2 is 0.725 bits per heavy atom. The van der Waals surface area contributed by atoms with Crippen molar-refractivity contribution < 1.29 is 38.2 Å². The molecule has 0 aromatic carbocycles. The number of carboxylic acids is 1. The molecule has 0 amide bonds. The zero-order valence-electron chi connectivity index (χ0n) is 46.8. The predicted octanol–water partition coefficient (Wildman–Crippen LogP) is 18.2. The van der Waals surface area contributed by atoms with E-state index >= 15 is 0 Å². The summed E-state index contributed by atoms with van der Waals surface area (Å²) in [5, 5.41) is 9.69. The molecule has 408 valence electrons. The predicted molar refractivity (Wildman–Crippen MR) is 294 cm³/mol. The summed E-state index contributed by atoms with van der Waals surface area (Å²) in [6.45, 7) is 4.81. The van der Waals surface area contributed by atoms with Gasteiger partial charge in [0.15, 0.2) is 12.1 Å². The molecule has 2 unspecified atom stereocenters. The van der Waals surface area contributed by atoms with E-state index in [1.54, 1.807) is 0 Å². The number of hydrogen-bond acceptors (Lipinski definition) is 6. The van der Waals surface area contributed by atoms with E-state index in [9.17, 15) is 19.5 Å². The SMILES string of the molecule is CCCCCCCCCCCCCC/C=C/CCCCCCCCCC(=O)OCC(COCCC(C(=O)O)[N+](C)(C)C)OC(=O)CCCCCCCCCCCCCCCCCCCCCCCC. The van der Waals surface area contributed by atoms with Crippen molar-refractivity contribution in [1.82, 2.24) is 0 Å². The number of rotatable bonds is 56. The summed E-state index contributed by atoms with van der Waals surface area (Å²) < 4.78 is 17.4. The lowest BCUT2D eigenvalue weighted by Gasteiger charge is -2.31. The number of ether oxygens (including phenoxy) is 3. The standard InChI is InChI=1S/C61H117NO7/c1-6-8-10-12-14-16-18-20-22-24-26-28-30-32-33-35-37-39-41-43-45-47-49-51-59(63)68-56-57(55-67-54-53-58(61(65)66)62(3,4)5)69-60(64)52-50-48-46-44-42-40-38-36-34-31-29-27-25-23-21-19-17-15-13-11-9-7-2/h32-33,57-58H,6-31,34-56H2,1-5H3/p+1/b33-32+. The molecule has 0 spiro atoms. The van der Waals surface area contributed by atoms with E-state index in [1.807, 2.05) is 21.1 Å². The third-order valence-corrected chi connectivity index (χ3v) is 14.2. The molecule has 1 N–H and O–H groups in total. The number of hydrogen-bond donors (Lipinski definition) is 1. The molecule has 0 aromatic heterocycles. The minimum absolute atomic E-state index is 0.0462. The summed E-state index contributed by atoms with van der Waals surface area (Å²) in [4.78, 5) is 37.3. The van der Waals surface area contributed by atoms with E-state index in [2.05, 4.69) is 26.0 Å². The van der Waals surface area contributed by atoms with Gasteiger partial charge in [-0.05, 0) is 38.5 Å². The van der Waals surface area contributed by atoms with Crippen LogP contribution in [0.15, 0.2) is 12.2 Å². The fourth-order valence-corrected chi connectivity index (χ4v) is 9.50. The molecule has 0 heterocycles. The fraction of sp³-hybridized carbons (Fsp3) is 0.918. The first-order chi connectivity index (χ1) is 33.6. The second-order valence-corrected chi connectivity index (χ2v) is 22.0. The number of carbonyl (C=O) groups excluding carboxylic acids is 2. The highest BCUT2D eigenvalue weighted by Crippen LogP contribution is 2.18. The van der Waals surface area contributed by atoms with Crippen LogP contribution in [0.5, 0.6) is 0 Å². The van der Waals surface area contributed by atoms with Crippen LogP contribution >= 0.6 is 0 Å². The average molecular weight is 978 g/mol. The molecule has 0 radical (unpaired) electrons. The number of carbonyl (C=O) groups is 3. The van der Waals surface area contributed by atoms with Crippen molar-refractivity contribution in [2.24, 2.45) is 0 Å². The van der Waals surface area contributed by atoms with Gasteiger partial charge in [0.05, 0.1) is 34.4 Å². The van der Waals surface area contributed by atoms with Crippen molar-refractivity contribution in [1.29, 1.82) is 0 Å². The van der Waals surface area contributed by atoms with Crippen LogP contribution in [0.1, 0.15) is 309 Å². The van der Waals surface area contributed by atoms with Gasteiger partial charge in [0.2, 0.25) is 0 Å². The monoisotopic (exact) mass is 977 g/mol. The molecule has 0 rings (SSSR count). The Kier molecular flexibility index (Phi) is 50.9. The molecule has 0 aliphatic heterocycles. The van der Waals surface area contributed by atoms with Crippen LogP contribution in [0.4, 0.5) is 0 Å². The van der Waals surface area contributed by atoms with Crippen LogP contribution in [0.3, 0.4) is 0 Å². The second-order valence-electron chi connectivity index (χ2n) is 22.0. The maximum atomic E-state index is 12.9. The number of nitrogens with zero attached hydrogens (tertiary/aromatic N) is 1. The van der Waals surface area contributed by atoms with Crippen molar-refractivity contribution in [3.8, 4) is 0 Å². The lowest BCUT2D eigenvalue weighted by atomic mass is 10.0. The smallest absolute Gasteiger partial charge is 0.362 e. The van der Waals surface area contributed by atoms with Crippen LogP contribution in [-0.4, -0.2) is 80.6 Å². The van der Waals surface area contributed by atoms with Crippen LogP contribution < -0.4 is 0 Å². The molecule has 0 saturated heterocycles. The van der Waals surface area contributed by atoms with Gasteiger partial charge in [-0.15, -0.1) is 0 Å². The minimum atomic E-state index is -0.869. The van der Waals surface area contributed by atoms with Crippen molar-refractivity contribution in [2.75, 3.05) is 41.0 Å². The van der Waals surface area contributed by atoms with Gasteiger partial charge in [-0.25, -0.2) is 4.79 Å². The Labute approximate surface area is 429 Å². The van der Waals surface area contributed by atoms with E-state index < -0.39 is 18.1 Å². The molecule has 2 atom stereocenters. The van der Waals surface area contributed by atoms with Crippen molar-refractivity contribution >= 4 is 17.9 Å². The van der Waals surface area contributed by atoms with Crippen molar-refractivity contribution in [3.05, 3.63) is 12.2 Å². The Balaban J connectivity index is 4.10. The molecule has 0 fully saturated rings. The quantitative estimate of drug-likeness (QED) is 0.0280. The molecule has 0 bridgehead atoms. The van der Waals surface area contributed by atoms with Gasteiger partial charge in [-0.1, -0.05) is 264 Å². The first kappa shape index (κ1) is 67.1. The molecule has 0 saturated carbocycles. The average Bonchev–Trinajstić information content (AvgIpc) is 3.31. The number of allylic oxidation sites excluding steroid dienone is 2. The zero-order valence-corrected chi connectivity index (χ0v) is 46.8. The summed E-state index contributed by atoms with van der Waals surface area (Å²) in [6, 6.07) is -0.612. The van der Waals surface area contributed by atoms with Gasteiger partial charge in [0.1, 0.15) is 6.61 Å². The summed E-state index contributed by atoms with van der Waals surface area (Å²) in [7, 11) is 5.56. The van der Waals surface area contributed by atoms with Gasteiger partial charge >= 0.3 is 17.9 Å². The molecule has 0 aliphatic rings. The van der Waals surface area contributed by atoms with Gasteiger partial charge < -0.3 is 23.8 Å². The highest BCUT2D eigenvalue weighted by atomic mass is 16.6. The maximum absolute atomic E-state index is 12.9. The van der Waals surface area contributed by atoms with Crippen LogP contribution in [0.25, 0.3) is 0 Å². The number of quaternary nitrogens is 1. The van der Waals surface area contributed by atoms with Gasteiger partial charge in [0, 0.05) is 19.3 Å². The van der Waals surface area contributed by atoms with E-state index in [0.717, 1.165) is 38.5 Å². The Hall–Kier alpha value is -1.93. The van der Waals surface area contributed by atoms with Gasteiger partial charge in [-0.3, -0.25) is 9.59 Å². The third kappa shape index (κ3) is 50.8. The maximum Gasteiger partial charge on any atom is 0.362 e. The molecule has 0 aromatic rings. The van der Waals surface area contributed by atoms with Gasteiger partial charge in [0.25, 0.3) is 0 Å². The fourth-order valence-electron chi connectivity index (χ4n) is 9.50. The number of unbranched alkanes of at least 4 members (excludes halogenated alkanes) is 40. The lowest BCUT2D eigenvalue weighted by molar-refractivity contribution is -0.887. The normalized spacial score (nSPS) is 12.8. The molecular weight excluding hydrogens is 859 g/mol. The number of likely N-dealkylation sites (N-methyl/N-ethyl adjacent to an activating group) is 1. The van der Waals surface area contributed by atoms with Gasteiger partial charge in [-0.2, -0.15) is 0 Å². The second kappa shape index (κ2) is 52.4. The van der Waals surface area contributed by atoms with Crippen LogP contribution in [-0.2, 0) is 28.6 Å². The first-order valence-corrected chi connectivity index (χ1v) is 30.2. The largest absolute Gasteiger partial charge is 0.477 e. The number of carboxylic acid groups (broad SMARTS) is 1. The summed E-state index contributed by atoms with van der Waals surface area (Å²) in [6.07, 6.45) is 61.4. The van der Waals surface area contributed by atoms with Crippen LogP contribution in [0, 0.1) is 0 Å². The number of aliphatic carboxylic acids is 1. The van der Waals surface area contributed by atoms with Crippen molar-refractivity contribution in [3.63, 3.8) is 0 Å². The van der Waals surface area contributed by atoms with E-state index in [-0.39, 0.29) is 36.2 Å². The van der Waals surface area contributed by atoms with Crippen LogP contribution in [0.2, 0.25) is 0 Å². The van der Waals surface area contributed by atoms with E-state index in [1.165, 1.54) is 238 Å². The molecular formula is C61H118NO7+. The van der Waals surface area contributed by atoms with E-state index in [4.69, 9.17) is 14.2 Å². The summed E-state index contributed by atoms with van der Waals surface area (Å²) >= 11 is 0. The highest BCUT2D eigenvalue weighted by molar-refractivity contribution is 5.72. The molecule has 8 nitrogen and oxygen atoms in total. The minimum Gasteiger partial charge on any atom is -0.477 e. The van der Waals surface area contributed by atoms with E-state index in [0.29, 0.717) is 19.3 Å². The summed E-state index contributed by atoms with van der Waals surface area (Å²) in [5.41, 5.74) is 0. The first-order valence-electron chi connectivity index (χ1n) is 30.2.